The van der Waals surface area contributed by atoms with Crippen molar-refractivity contribution in [2.75, 3.05) is 0 Å². The minimum absolute atomic E-state index is 0.0109. The van der Waals surface area contributed by atoms with Gasteiger partial charge in [0.1, 0.15) is 5.69 Å². The minimum atomic E-state index is -0.624. The van der Waals surface area contributed by atoms with Crippen LogP contribution in [-0.4, -0.2) is 12.0 Å². The Morgan fingerprint density at radius 1 is 1.50 bits per heavy atom. The highest BCUT2D eigenvalue weighted by Crippen LogP contribution is 2.32. The molecule has 14 heavy (non-hydrogen) atoms. The number of fused-ring (bicyclic) bond motifs is 1. The van der Waals surface area contributed by atoms with Crippen LogP contribution in [0.4, 0.5) is 10.1 Å². The maximum absolute atomic E-state index is 13.4. The van der Waals surface area contributed by atoms with E-state index in [9.17, 15) is 9.18 Å². The van der Waals surface area contributed by atoms with Gasteiger partial charge in [-0.15, -0.1) is 0 Å². The van der Waals surface area contributed by atoms with Gasteiger partial charge in [0.25, 0.3) is 0 Å². The summed E-state index contributed by atoms with van der Waals surface area (Å²) in [6.07, 6.45) is 1.43. The number of aliphatic imine (C=N–C) groups is 1. The Kier molecular flexibility index (Phi) is 2.11. The van der Waals surface area contributed by atoms with Gasteiger partial charge in [-0.2, -0.15) is 0 Å². The number of ketones is 1. The molecule has 0 spiro atoms. The lowest BCUT2D eigenvalue weighted by molar-refractivity contribution is 0.0962. The second kappa shape index (κ2) is 3.17. The molecule has 1 aliphatic rings. The van der Waals surface area contributed by atoms with Gasteiger partial charge in [0.15, 0.2) is 11.6 Å². The van der Waals surface area contributed by atoms with Crippen molar-refractivity contribution >= 4 is 29.3 Å². The fourth-order valence-electron chi connectivity index (χ4n) is 1.36. The van der Waals surface area contributed by atoms with E-state index in [1.807, 2.05) is 0 Å². The predicted octanol–water partition coefficient (Wildman–Crippen LogP) is 3.01. The lowest BCUT2D eigenvalue weighted by Gasteiger charge is -2.14. The van der Waals surface area contributed by atoms with E-state index in [1.54, 1.807) is 6.92 Å². The topological polar surface area (TPSA) is 29.4 Å². The molecule has 1 aromatic carbocycles. The minimum Gasteiger partial charge on any atom is -0.293 e. The summed E-state index contributed by atoms with van der Waals surface area (Å²) in [6.45, 7) is 1.72. The molecular weight excluding hydrogens is 205 g/mol. The van der Waals surface area contributed by atoms with E-state index in [2.05, 4.69) is 4.99 Å². The lowest BCUT2D eigenvalue weighted by atomic mass is 9.96. The Morgan fingerprint density at radius 3 is 2.93 bits per heavy atom. The van der Waals surface area contributed by atoms with Crippen LogP contribution in [0.25, 0.3) is 0 Å². The first-order valence-electron chi connectivity index (χ1n) is 4.17. The molecule has 0 N–H and O–H groups in total. The van der Waals surface area contributed by atoms with Gasteiger partial charge in [0.2, 0.25) is 0 Å². The normalized spacial score (nSPS) is 19.6. The number of carbonyl (C=O) groups excluding carboxylic acids is 1. The van der Waals surface area contributed by atoms with Gasteiger partial charge < -0.3 is 0 Å². The molecule has 2 nitrogen and oxygen atoms in total. The molecule has 0 saturated carbocycles. The lowest BCUT2D eigenvalue weighted by Crippen LogP contribution is -2.16. The first-order chi connectivity index (χ1) is 6.61. The highest BCUT2D eigenvalue weighted by Gasteiger charge is 2.24. The molecule has 1 heterocycles. The van der Waals surface area contributed by atoms with E-state index >= 15 is 0 Å². The summed E-state index contributed by atoms with van der Waals surface area (Å²) in [5.41, 5.74) is 0.363. The van der Waals surface area contributed by atoms with Crippen LogP contribution < -0.4 is 0 Å². The summed E-state index contributed by atoms with van der Waals surface area (Å²) in [5, 5.41) is -0.0109. The van der Waals surface area contributed by atoms with Crippen molar-refractivity contribution in [1.29, 1.82) is 0 Å². The number of rotatable bonds is 0. The first kappa shape index (κ1) is 9.34. The van der Waals surface area contributed by atoms with Crippen LogP contribution in [0.5, 0.6) is 0 Å². The summed E-state index contributed by atoms with van der Waals surface area (Å²) in [5.74, 6) is -1.03. The maximum Gasteiger partial charge on any atom is 0.173 e. The van der Waals surface area contributed by atoms with Crippen molar-refractivity contribution in [3.8, 4) is 0 Å². The second-order valence-corrected chi connectivity index (χ2v) is 3.60. The molecule has 0 saturated heterocycles. The van der Waals surface area contributed by atoms with Gasteiger partial charge >= 0.3 is 0 Å². The van der Waals surface area contributed by atoms with Gasteiger partial charge in [-0.05, 0) is 12.1 Å². The largest absolute Gasteiger partial charge is 0.293 e. The third kappa shape index (κ3) is 1.24. The second-order valence-electron chi connectivity index (χ2n) is 3.19. The van der Waals surface area contributed by atoms with Gasteiger partial charge in [-0.25, -0.2) is 4.39 Å². The van der Waals surface area contributed by atoms with Gasteiger partial charge in [0, 0.05) is 11.8 Å². The number of hydrogen-bond donors (Lipinski definition) is 0. The van der Waals surface area contributed by atoms with Crippen LogP contribution in [0.2, 0.25) is 5.02 Å². The molecule has 0 bridgehead atoms. The van der Waals surface area contributed by atoms with Gasteiger partial charge in [-0.1, -0.05) is 18.5 Å². The summed E-state index contributed by atoms with van der Waals surface area (Å²) in [6, 6.07) is 2.89. The molecule has 1 aliphatic heterocycles. The number of hydrogen-bond acceptors (Lipinski definition) is 2. The van der Waals surface area contributed by atoms with Crippen molar-refractivity contribution < 1.29 is 9.18 Å². The Bertz CT molecular complexity index is 442. The van der Waals surface area contributed by atoms with Crippen LogP contribution in [0.1, 0.15) is 17.3 Å². The third-order valence-corrected chi connectivity index (χ3v) is 2.47. The molecule has 0 fully saturated rings. The summed E-state index contributed by atoms with van der Waals surface area (Å²) in [7, 11) is 0. The van der Waals surface area contributed by atoms with Crippen molar-refractivity contribution in [3.05, 3.63) is 28.5 Å². The zero-order valence-corrected chi connectivity index (χ0v) is 8.18. The Morgan fingerprint density at radius 2 is 2.21 bits per heavy atom. The van der Waals surface area contributed by atoms with E-state index in [-0.39, 0.29) is 22.4 Å². The number of Topliss-reactive ketones (excluding diaryl/α,β-unsaturated/α-hetero) is 1. The van der Waals surface area contributed by atoms with E-state index in [1.165, 1.54) is 18.3 Å². The summed E-state index contributed by atoms with van der Waals surface area (Å²) in [4.78, 5) is 15.5. The Hall–Kier alpha value is -1.22. The molecule has 0 amide bonds. The molecular formula is C10H7ClFNO. The van der Waals surface area contributed by atoms with E-state index in [0.29, 0.717) is 5.56 Å². The zero-order chi connectivity index (χ0) is 10.3. The van der Waals surface area contributed by atoms with Crippen LogP contribution in [-0.2, 0) is 0 Å². The molecule has 1 unspecified atom stereocenters. The standard InChI is InChI=1S/C10H7ClFNO/c1-5-4-13-9-6(10(5)14)2-3-7(11)8(9)12/h2-5H,1H3. The van der Waals surface area contributed by atoms with Crippen LogP contribution in [0, 0.1) is 11.7 Å². The number of carbonyl (C=O) groups is 1. The van der Waals surface area contributed by atoms with Crippen molar-refractivity contribution in [2.24, 2.45) is 10.9 Å². The van der Waals surface area contributed by atoms with Crippen LogP contribution in [0.3, 0.4) is 0 Å². The molecule has 0 aromatic heterocycles. The Balaban J connectivity index is 2.68. The summed E-state index contributed by atoms with van der Waals surface area (Å²) >= 11 is 5.57. The first-order valence-corrected chi connectivity index (χ1v) is 4.55. The molecule has 1 atom stereocenters. The zero-order valence-electron chi connectivity index (χ0n) is 7.42. The van der Waals surface area contributed by atoms with Crippen molar-refractivity contribution in [1.82, 2.24) is 0 Å². The van der Waals surface area contributed by atoms with Crippen LogP contribution in [0.15, 0.2) is 17.1 Å². The van der Waals surface area contributed by atoms with Gasteiger partial charge in [-0.3, -0.25) is 9.79 Å². The summed E-state index contributed by atoms with van der Waals surface area (Å²) < 4.78 is 13.4. The number of halogens is 2. The fraction of sp³-hybridized carbons (Fsp3) is 0.200. The highest BCUT2D eigenvalue weighted by atomic mass is 35.5. The van der Waals surface area contributed by atoms with E-state index < -0.39 is 5.82 Å². The SMILES string of the molecule is CC1C=Nc2c(ccc(Cl)c2F)C1=O. The monoisotopic (exact) mass is 211 g/mol. The average Bonchev–Trinajstić information content (AvgIpc) is 2.17. The maximum atomic E-state index is 13.4. The molecule has 2 rings (SSSR count). The smallest absolute Gasteiger partial charge is 0.173 e. The van der Waals surface area contributed by atoms with Crippen molar-refractivity contribution in [3.63, 3.8) is 0 Å². The van der Waals surface area contributed by atoms with Crippen molar-refractivity contribution in [2.45, 2.75) is 6.92 Å². The van der Waals surface area contributed by atoms with E-state index in [0.717, 1.165) is 0 Å². The molecule has 1 aromatic rings. The molecule has 72 valence electrons. The average molecular weight is 212 g/mol. The third-order valence-electron chi connectivity index (χ3n) is 2.18. The van der Waals surface area contributed by atoms with Crippen LogP contribution >= 0.6 is 11.6 Å². The highest BCUT2D eigenvalue weighted by molar-refractivity contribution is 6.31. The molecule has 4 heteroatoms. The fourth-order valence-corrected chi connectivity index (χ4v) is 1.52. The molecule has 0 radical (unpaired) electrons. The Labute approximate surface area is 85.4 Å². The predicted molar refractivity (Wildman–Crippen MR) is 53.1 cm³/mol. The quantitative estimate of drug-likeness (QED) is 0.649. The molecule has 0 aliphatic carbocycles. The van der Waals surface area contributed by atoms with E-state index in [4.69, 9.17) is 11.6 Å². The van der Waals surface area contributed by atoms with Gasteiger partial charge in [0.05, 0.1) is 10.9 Å². The number of nitrogens with zero attached hydrogens (tertiary/aromatic N) is 1. The number of benzene rings is 1.